The van der Waals surface area contributed by atoms with E-state index in [0.717, 1.165) is 12.1 Å². The second-order valence-electron chi connectivity index (χ2n) is 6.38. The van der Waals surface area contributed by atoms with Crippen molar-refractivity contribution in [1.29, 1.82) is 0 Å². The summed E-state index contributed by atoms with van der Waals surface area (Å²) in [6.07, 6.45) is 6.36. The van der Waals surface area contributed by atoms with Gasteiger partial charge in [-0.25, -0.2) is 9.13 Å². The molecule has 3 rings (SSSR count). The normalized spacial score (nSPS) is 11.4. The highest BCUT2D eigenvalue weighted by atomic mass is 35.5. The molecule has 3 aromatic rings. The summed E-state index contributed by atoms with van der Waals surface area (Å²) in [7, 11) is 0. The number of nitrogens with zero attached hydrogens (tertiary/aromatic N) is 2. The maximum atomic E-state index is 12.3. The van der Waals surface area contributed by atoms with Crippen molar-refractivity contribution in [2.75, 3.05) is 6.61 Å². The van der Waals surface area contributed by atoms with Crippen LogP contribution in [0.15, 0.2) is 79.4 Å². The first-order valence-corrected chi connectivity index (χ1v) is 8.76. The van der Waals surface area contributed by atoms with Crippen molar-refractivity contribution >= 4 is 5.91 Å². The van der Waals surface area contributed by atoms with Crippen LogP contribution >= 0.6 is 0 Å². The molecule has 0 saturated carbocycles. The number of rotatable bonds is 8. The molecule has 27 heavy (non-hydrogen) atoms. The predicted molar refractivity (Wildman–Crippen MR) is 99.3 cm³/mol. The molecule has 0 spiro atoms. The number of carbonyl (C=O) groups is 1. The molecule has 5 nitrogen and oxygen atoms in total. The molecule has 2 aromatic carbocycles. The summed E-state index contributed by atoms with van der Waals surface area (Å²) in [5.74, 6) is -0.109. The quantitative estimate of drug-likeness (QED) is 0.466. The van der Waals surface area contributed by atoms with Crippen molar-refractivity contribution in [3.63, 3.8) is 0 Å². The lowest BCUT2D eigenvalue weighted by molar-refractivity contribution is -0.687. The van der Waals surface area contributed by atoms with Crippen LogP contribution in [0.3, 0.4) is 0 Å². The van der Waals surface area contributed by atoms with Crippen molar-refractivity contribution in [2.45, 2.75) is 25.6 Å². The minimum atomic E-state index is -0.281. The van der Waals surface area contributed by atoms with Crippen LogP contribution in [0.25, 0.3) is 0 Å². The van der Waals surface area contributed by atoms with Gasteiger partial charge < -0.3 is 22.8 Å². The maximum Gasteiger partial charge on any atom is 0.262 e. The molecule has 1 amide bonds. The Bertz CT molecular complexity index is 822. The van der Waals surface area contributed by atoms with Gasteiger partial charge in [-0.2, -0.15) is 0 Å². The number of halogens is 1. The zero-order chi connectivity index (χ0) is 18.2. The molecule has 1 aromatic heterocycles. The van der Waals surface area contributed by atoms with Crippen LogP contribution < -0.4 is 22.3 Å². The van der Waals surface area contributed by atoms with E-state index in [4.69, 9.17) is 0 Å². The molecule has 1 heterocycles. The van der Waals surface area contributed by atoms with Gasteiger partial charge >= 0.3 is 0 Å². The van der Waals surface area contributed by atoms with Crippen LogP contribution in [0.5, 0.6) is 0 Å². The minimum absolute atomic E-state index is 0. The van der Waals surface area contributed by atoms with Gasteiger partial charge in [-0.3, -0.25) is 4.79 Å². The molecule has 6 heteroatoms. The largest absolute Gasteiger partial charge is 1.00 e. The zero-order valence-electron chi connectivity index (χ0n) is 15.0. The van der Waals surface area contributed by atoms with Crippen molar-refractivity contribution in [1.82, 2.24) is 9.88 Å². The highest BCUT2D eigenvalue weighted by Gasteiger charge is 2.15. The molecule has 142 valence electrons. The second kappa shape index (κ2) is 10.5. The molecule has 0 aliphatic carbocycles. The summed E-state index contributed by atoms with van der Waals surface area (Å²) < 4.78 is 3.88. The summed E-state index contributed by atoms with van der Waals surface area (Å²) in [5, 5.41) is 12.4. The summed E-state index contributed by atoms with van der Waals surface area (Å²) >= 11 is 0. The van der Waals surface area contributed by atoms with Crippen LogP contribution in [0.1, 0.15) is 11.1 Å². The molecule has 2 N–H and O–H groups in total. The molecule has 0 aliphatic rings. The molecule has 0 bridgehead atoms. The number of imidazole rings is 1. The Kier molecular flexibility index (Phi) is 8.04. The van der Waals surface area contributed by atoms with E-state index in [1.54, 1.807) is 0 Å². The Morgan fingerprint density at radius 1 is 1.04 bits per heavy atom. The van der Waals surface area contributed by atoms with Crippen LogP contribution in [0, 0.1) is 0 Å². The van der Waals surface area contributed by atoms with Gasteiger partial charge in [0.15, 0.2) is 6.54 Å². The Labute approximate surface area is 165 Å². The Balaban J connectivity index is 0.00000261. The van der Waals surface area contributed by atoms with Gasteiger partial charge in [-0.05, 0) is 17.5 Å². The van der Waals surface area contributed by atoms with Crippen LogP contribution in [-0.2, 0) is 24.3 Å². The van der Waals surface area contributed by atoms with Crippen LogP contribution in [-0.4, -0.2) is 28.2 Å². The third kappa shape index (κ3) is 6.55. The first kappa shape index (κ1) is 20.7. The lowest BCUT2D eigenvalue weighted by Gasteiger charge is -2.15. The maximum absolute atomic E-state index is 12.3. The van der Waals surface area contributed by atoms with E-state index in [0.29, 0.717) is 6.42 Å². The number of benzene rings is 2. The molecule has 0 saturated heterocycles. The Morgan fingerprint density at radius 3 is 2.30 bits per heavy atom. The standard InChI is InChI=1S/C21H23N3O2.ClH/c25-16-20(13-18-7-3-1-4-8-18)22-21(26)15-24-12-11-23(17-24)14-19-9-5-2-6-10-19;/h1-12,17,20,25H,13-16H2;1H/t20-;/m0./s1. The van der Waals surface area contributed by atoms with Crippen molar-refractivity contribution in [3.8, 4) is 0 Å². The predicted octanol–water partition coefficient (Wildman–Crippen LogP) is -1.45. The van der Waals surface area contributed by atoms with Crippen molar-refractivity contribution < 1.29 is 26.9 Å². The fraction of sp³-hybridized carbons (Fsp3) is 0.238. The highest BCUT2D eigenvalue weighted by Crippen LogP contribution is 2.03. The average Bonchev–Trinajstić information content (AvgIpc) is 3.09. The Hall–Kier alpha value is -2.63. The fourth-order valence-corrected chi connectivity index (χ4v) is 2.92. The summed E-state index contributed by atoms with van der Waals surface area (Å²) in [5.41, 5.74) is 2.30. The molecule has 0 aliphatic heterocycles. The number of aliphatic hydroxyl groups excluding tert-OH is 1. The number of carbonyl (C=O) groups excluding carboxylic acids is 1. The van der Waals surface area contributed by atoms with Gasteiger partial charge in [-0.15, -0.1) is 0 Å². The molecule has 0 fully saturated rings. The number of hydrogen-bond donors (Lipinski definition) is 2. The number of amides is 1. The zero-order valence-corrected chi connectivity index (χ0v) is 15.8. The molecule has 0 radical (unpaired) electrons. The first-order valence-electron chi connectivity index (χ1n) is 8.76. The van der Waals surface area contributed by atoms with Gasteiger partial charge in [0.25, 0.3) is 5.91 Å². The molecular weight excluding hydrogens is 362 g/mol. The number of aliphatic hydroxyl groups is 1. The van der Waals surface area contributed by atoms with Crippen LogP contribution in [0.4, 0.5) is 0 Å². The molecular formula is C21H24ClN3O2. The van der Waals surface area contributed by atoms with Gasteiger partial charge in [-0.1, -0.05) is 60.7 Å². The number of hydrogen-bond acceptors (Lipinski definition) is 2. The van der Waals surface area contributed by atoms with E-state index in [2.05, 4.69) is 17.4 Å². The van der Waals surface area contributed by atoms with Gasteiger partial charge in [0.2, 0.25) is 6.33 Å². The highest BCUT2D eigenvalue weighted by molar-refractivity contribution is 5.76. The van der Waals surface area contributed by atoms with Gasteiger partial charge in [0, 0.05) is 0 Å². The Morgan fingerprint density at radius 2 is 1.67 bits per heavy atom. The first-order chi connectivity index (χ1) is 12.7. The van der Waals surface area contributed by atoms with E-state index in [9.17, 15) is 9.90 Å². The van der Waals surface area contributed by atoms with E-state index in [-0.39, 0.29) is 37.5 Å². The average molecular weight is 386 g/mol. The molecule has 0 unspecified atom stereocenters. The monoisotopic (exact) mass is 385 g/mol. The summed E-state index contributed by atoms with van der Waals surface area (Å²) in [6.45, 7) is 0.913. The van der Waals surface area contributed by atoms with Gasteiger partial charge in [0.05, 0.1) is 12.6 Å². The smallest absolute Gasteiger partial charge is 0.262 e. The molecule has 1 atom stereocenters. The second-order valence-corrected chi connectivity index (χ2v) is 6.38. The summed E-state index contributed by atoms with van der Waals surface area (Å²) in [4.78, 5) is 12.3. The summed E-state index contributed by atoms with van der Waals surface area (Å²) in [6, 6.07) is 19.7. The van der Waals surface area contributed by atoms with E-state index in [1.165, 1.54) is 5.56 Å². The third-order valence-corrected chi connectivity index (χ3v) is 4.19. The third-order valence-electron chi connectivity index (χ3n) is 4.19. The van der Waals surface area contributed by atoms with E-state index >= 15 is 0 Å². The number of aromatic nitrogens is 2. The van der Waals surface area contributed by atoms with E-state index in [1.807, 2.05) is 76.4 Å². The lowest BCUT2D eigenvalue weighted by Crippen LogP contribution is -3.00. The minimum Gasteiger partial charge on any atom is -1.00 e. The van der Waals surface area contributed by atoms with Crippen molar-refractivity contribution in [2.24, 2.45) is 0 Å². The lowest BCUT2D eigenvalue weighted by atomic mass is 10.1. The van der Waals surface area contributed by atoms with Gasteiger partial charge in [0.1, 0.15) is 18.9 Å². The van der Waals surface area contributed by atoms with E-state index < -0.39 is 0 Å². The van der Waals surface area contributed by atoms with Crippen molar-refractivity contribution in [3.05, 3.63) is 90.5 Å². The SMILES string of the molecule is O=C(Cn1cc[n+](Cc2ccccc2)c1)N[C@H](CO)Cc1ccccc1.[Cl-]. The van der Waals surface area contributed by atoms with Crippen LogP contribution in [0.2, 0.25) is 0 Å². The number of nitrogens with one attached hydrogen (secondary N) is 1. The fourth-order valence-electron chi connectivity index (χ4n) is 2.92. The topological polar surface area (TPSA) is 58.1 Å².